The summed E-state index contributed by atoms with van der Waals surface area (Å²) in [5.41, 5.74) is 3.15. The SMILES string of the molecule is CCC1C=CC=CN=C1N1CCN(C(=O)Cn2nc(-c3ccccc3)cc2-c2ccc(F)c(OC)c2)CC1. The minimum absolute atomic E-state index is 0.00248. The first kappa shape index (κ1) is 25.4. The van der Waals surface area contributed by atoms with Gasteiger partial charge in [0.1, 0.15) is 12.4 Å². The number of amides is 1. The van der Waals surface area contributed by atoms with Gasteiger partial charge in [0, 0.05) is 49.4 Å². The van der Waals surface area contributed by atoms with Gasteiger partial charge in [0.2, 0.25) is 5.91 Å². The van der Waals surface area contributed by atoms with Crippen LogP contribution in [0.5, 0.6) is 5.75 Å². The summed E-state index contributed by atoms with van der Waals surface area (Å²) in [5, 5.41) is 4.78. The molecule has 8 heteroatoms. The molecule has 196 valence electrons. The molecule has 3 aromatic rings. The first-order valence-corrected chi connectivity index (χ1v) is 13.0. The van der Waals surface area contributed by atoms with Gasteiger partial charge in [0.25, 0.3) is 0 Å². The maximum absolute atomic E-state index is 14.1. The van der Waals surface area contributed by atoms with E-state index in [9.17, 15) is 9.18 Å². The fraction of sp³-hybridized carbons (Fsp3) is 0.300. The van der Waals surface area contributed by atoms with Crippen LogP contribution in [-0.4, -0.2) is 64.6 Å². The molecule has 38 heavy (non-hydrogen) atoms. The van der Waals surface area contributed by atoms with Crippen molar-refractivity contribution in [3.8, 4) is 28.3 Å². The van der Waals surface area contributed by atoms with Crippen LogP contribution in [0.25, 0.3) is 22.5 Å². The van der Waals surface area contributed by atoms with Gasteiger partial charge in [-0.3, -0.25) is 9.48 Å². The maximum atomic E-state index is 14.1. The second-order valence-corrected chi connectivity index (χ2v) is 9.38. The Kier molecular flexibility index (Phi) is 7.67. The smallest absolute Gasteiger partial charge is 0.244 e. The number of nitrogens with zero attached hydrogens (tertiary/aromatic N) is 5. The third-order valence-corrected chi connectivity index (χ3v) is 7.06. The van der Waals surface area contributed by atoms with Gasteiger partial charge in [0.05, 0.1) is 18.5 Å². The van der Waals surface area contributed by atoms with Gasteiger partial charge in [-0.15, -0.1) is 0 Å². The van der Waals surface area contributed by atoms with Crippen LogP contribution >= 0.6 is 0 Å². The fourth-order valence-electron chi connectivity index (χ4n) is 4.94. The highest BCUT2D eigenvalue weighted by Gasteiger charge is 2.27. The number of benzene rings is 2. The van der Waals surface area contributed by atoms with E-state index >= 15 is 0 Å². The van der Waals surface area contributed by atoms with E-state index in [1.165, 1.54) is 13.2 Å². The first-order valence-electron chi connectivity index (χ1n) is 13.0. The van der Waals surface area contributed by atoms with Crippen molar-refractivity contribution in [3.05, 3.63) is 84.8 Å². The summed E-state index contributed by atoms with van der Waals surface area (Å²) in [6, 6.07) is 16.4. The highest BCUT2D eigenvalue weighted by molar-refractivity contribution is 5.87. The number of aliphatic imine (C=N–C) groups is 1. The largest absolute Gasteiger partial charge is 0.494 e. The summed E-state index contributed by atoms with van der Waals surface area (Å²) in [5.74, 6) is 1.06. The molecule has 0 bridgehead atoms. The predicted molar refractivity (Wildman–Crippen MR) is 147 cm³/mol. The molecule has 0 N–H and O–H groups in total. The Hall–Kier alpha value is -4.20. The molecule has 0 aliphatic carbocycles. The fourth-order valence-corrected chi connectivity index (χ4v) is 4.94. The zero-order valence-corrected chi connectivity index (χ0v) is 21.8. The molecular weight excluding hydrogens is 481 g/mol. The van der Waals surface area contributed by atoms with Crippen molar-refractivity contribution < 1.29 is 13.9 Å². The molecule has 0 spiro atoms. The monoisotopic (exact) mass is 513 g/mol. The normalized spacial score (nSPS) is 17.3. The highest BCUT2D eigenvalue weighted by Crippen LogP contribution is 2.30. The number of amidine groups is 1. The molecule has 1 saturated heterocycles. The molecule has 3 heterocycles. The molecule has 1 fully saturated rings. The highest BCUT2D eigenvalue weighted by atomic mass is 19.1. The molecule has 1 unspecified atom stereocenters. The van der Waals surface area contributed by atoms with E-state index in [0.717, 1.165) is 47.9 Å². The topological polar surface area (TPSA) is 63.0 Å². The van der Waals surface area contributed by atoms with E-state index in [2.05, 4.69) is 22.9 Å². The Labute approximate surface area is 222 Å². The van der Waals surface area contributed by atoms with Gasteiger partial charge in [-0.1, -0.05) is 49.4 Å². The Morgan fingerprint density at radius 2 is 1.82 bits per heavy atom. The minimum Gasteiger partial charge on any atom is -0.494 e. The average molecular weight is 514 g/mol. The van der Waals surface area contributed by atoms with Crippen molar-refractivity contribution in [2.75, 3.05) is 33.3 Å². The quantitative estimate of drug-likeness (QED) is 0.465. The third-order valence-electron chi connectivity index (χ3n) is 7.06. The van der Waals surface area contributed by atoms with Gasteiger partial charge < -0.3 is 14.5 Å². The standard InChI is InChI=1S/C30H32FN5O2/c1-3-22-9-7-8-14-32-30(22)35-17-15-34(16-18-35)29(37)21-36-27(24-12-13-25(31)28(19-24)38-2)20-26(33-36)23-10-5-4-6-11-23/h4-14,19-20,22H,3,15-18,21H2,1-2H3. The Morgan fingerprint density at radius 3 is 2.55 bits per heavy atom. The molecule has 1 atom stereocenters. The number of rotatable bonds is 6. The van der Waals surface area contributed by atoms with Gasteiger partial charge in [-0.05, 0) is 36.8 Å². The molecule has 2 aliphatic rings. The number of ether oxygens (including phenoxy) is 1. The number of allylic oxidation sites excluding steroid dienone is 2. The number of piperazine rings is 1. The van der Waals surface area contributed by atoms with E-state index in [1.54, 1.807) is 16.8 Å². The summed E-state index contributed by atoms with van der Waals surface area (Å²) < 4.78 is 21.0. The van der Waals surface area contributed by atoms with Crippen LogP contribution in [0.1, 0.15) is 13.3 Å². The van der Waals surface area contributed by atoms with E-state index in [4.69, 9.17) is 9.84 Å². The number of hydrogen-bond donors (Lipinski definition) is 0. The van der Waals surface area contributed by atoms with Crippen molar-refractivity contribution in [1.29, 1.82) is 0 Å². The van der Waals surface area contributed by atoms with E-state index in [1.807, 2.05) is 59.7 Å². The number of carbonyl (C=O) groups excluding carboxylic acids is 1. The average Bonchev–Trinajstić information content (AvgIpc) is 3.22. The molecule has 1 aromatic heterocycles. The number of hydrogen-bond acceptors (Lipinski definition) is 5. The number of aromatic nitrogens is 2. The van der Waals surface area contributed by atoms with Gasteiger partial charge in [0.15, 0.2) is 11.6 Å². The van der Waals surface area contributed by atoms with Gasteiger partial charge in [-0.25, -0.2) is 9.38 Å². The number of carbonyl (C=O) groups is 1. The second kappa shape index (κ2) is 11.5. The van der Waals surface area contributed by atoms with E-state index < -0.39 is 5.82 Å². The summed E-state index contributed by atoms with van der Waals surface area (Å²) in [6.07, 6.45) is 9.01. The minimum atomic E-state index is -0.436. The molecule has 2 aromatic carbocycles. The van der Waals surface area contributed by atoms with E-state index in [-0.39, 0.29) is 24.1 Å². The Morgan fingerprint density at radius 1 is 1.03 bits per heavy atom. The lowest BCUT2D eigenvalue weighted by Gasteiger charge is -2.38. The Balaban J connectivity index is 1.35. The van der Waals surface area contributed by atoms with Crippen LogP contribution in [0.15, 0.2) is 84.0 Å². The molecular formula is C30H32FN5O2. The van der Waals surface area contributed by atoms with Crippen LogP contribution in [0, 0.1) is 11.7 Å². The third kappa shape index (κ3) is 5.39. The molecule has 0 radical (unpaired) electrons. The van der Waals surface area contributed by atoms with Crippen molar-refractivity contribution in [2.45, 2.75) is 19.9 Å². The lowest BCUT2D eigenvalue weighted by Crippen LogP contribution is -2.52. The number of halogens is 1. The lowest BCUT2D eigenvalue weighted by molar-refractivity contribution is -0.133. The van der Waals surface area contributed by atoms with Crippen LogP contribution in [-0.2, 0) is 11.3 Å². The van der Waals surface area contributed by atoms with Gasteiger partial charge in [-0.2, -0.15) is 5.10 Å². The summed E-state index contributed by atoms with van der Waals surface area (Å²) in [4.78, 5) is 22.3. The Bertz CT molecular complexity index is 1370. The molecule has 0 saturated carbocycles. The molecule has 1 amide bonds. The molecule has 7 nitrogen and oxygen atoms in total. The van der Waals surface area contributed by atoms with Crippen molar-refractivity contribution in [1.82, 2.24) is 19.6 Å². The second-order valence-electron chi connectivity index (χ2n) is 9.38. The van der Waals surface area contributed by atoms with Crippen LogP contribution in [0.2, 0.25) is 0 Å². The zero-order chi connectivity index (χ0) is 26.5. The van der Waals surface area contributed by atoms with Crippen molar-refractivity contribution >= 4 is 11.7 Å². The molecule has 2 aliphatic heterocycles. The first-order chi connectivity index (χ1) is 18.6. The number of methoxy groups -OCH3 is 1. The van der Waals surface area contributed by atoms with Crippen LogP contribution < -0.4 is 4.74 Å². The zero-order valence-electron chi connectivity index (χ0n) is 21.8. The summed E-state index contributed by atoms with van der Waals surface area (Å²) in [6.45, 7) is 4.96. The van der Waals surface area contributed by atoms with Crippen LogP contribution in [0.3, 0.4) is 0 Å². The van der Waals surface area contributed by atoms with Crippen molar-refractivity contribution in [3.63, 3.8) is 0 Å². The molecule has 5 rings (SSSR count). The maximum Gasteiger partial charge on any atom is 0.244 e. The summed E-state index contributed by atoms with van der Waals surface area (Å²) in [7, 11) is 1.44. The predicted octanol–water partition coefficient (Wildman–Crippen LogP) is 5.02. The van der Waals surface area contributed by atoms with Crippen molar-refractivity contribution in [2.24, 2.45) is 10.9 Å². The summed E-state index contributed by atoms with van der Waals surface area (Å²) >= 11 is 0. The van der Waals surface area contributed by atoms with Crippen LogP contribution in [0.4, 0.5) is 4.39 Å². The van der Waals surface area contributed by atoms with Gasteiger partial charge >= 0.3 is 0 Å². The lowest BCUT2D eigenvalue weighted by atomic mass is 10.0. The van der Waals surface area contributed by atoms with E-state index in [0.29, 0.717) is 13.1 Å².